The van der Waals surface area contributed by atoms with E-state index in [9.17, 15) is 9.59 Å². The van der Waals surface area contributed by atoms with Crippen LogP contribution in [0.3, 0.4) is 0 Å². The summed E-state index contributed by atoms with van der Waals surface area (Å²) in [6.45, 7) is 1.93. The zero-order valence-corrected chi connectivity index (χ0v) is 11.3. The lowest BCUT2D eigenvalue weighted by molar-refractivity contribution is -0.135. The maximum Gasteiger partial charge on any atom is 0.340 e. The zero-order chi connectivity index (χ0) is 14.1. The third kappa shape index (κ3) is 2.05. The third-order valence-corrected chi connectivity index (χ3v) is 3.71. The molecule has 2 heterocycles. The normalized spacial score (nSPS) is 14.2. The lowest BCUT2D eigenvalue weighted by atomic mass is 10.2. The molecule has 1 aliphatic heterocycles. The molecular formula is C15H16N2O3. The number of esters is 1. The number of hydrogen-bond acceptors (Lipinski definition) is 3. The monoisotopic (exact) mass is 272 g/mol. The maximum atomic E-state index is 12.1. The molecule has 0 unspecified atom stereocenters. The van der Waals surface area contributed by atoms with Crippen molar-refractivity contribution in [2.75, 3.05) is 20.2 Å². The van der Waals surface area contributed by atoms with Gasteiger partial charge in [0.2, 0.25) is 5.91 Å². The van der Waals surface area contributed by atoms with Gasteiger partial charge in [-0.05, 0) is 12.5 Å². The Bertz CT molecular complexity index is 671. The van der Waals surface area contributed by atoms with E-state index in [2.05, 4.69) is 0 Å². The standard InChI is InChI=1S/C15H16N2O3/c1-20-15(19)12-9-17(10-14(18)16-7-4-8-16)13-6-3-2-5-11(12)13/h2-3,5-6,9H,4,7-8,10H2,1H3. The molecule has 2 aromatic rings. The molecule has 1 saturated heterocycles. The van der Waals surface area contributed by atoms with Gasteiger partial charge in [-0.25, -0.2) is 4.79 Å². The van der Waals surface area contributed by atoms with Gasteiger partial charge < -0.3 is 14.2 Å². The Hall–Kier alpha value is -2.30. The SMILES string of the molecule is COC(=O)c1cn(CC(=O)N2CCC2)c2ccccc12. The second-order valence-electron chi connectivity index (χ2n) is 4.91. The molecule has 1 fully saturated rings. The molecule has 5 heteroatoms. The van der Waals surface area contributed by atoms with Crippen LogP contribution in [0.4, 0.5) is 0 Å². The fourth-order valence-electron chi connectivity index (χ4n) is 2.46. The van der Waals surface area contributed by atoms with Crippen LogP contribution in [0, 0.1) is 0 Å². The van der Waals surface area contributed by atoms with Crippen LogP contribution in [0.15, 0.2) is 30.5 Å². The number of methoxy groups -OCH3 is 1. The molecule has 0 spiro atoms. The molecule has 0 bridgehead atoms. The number of aromatic nitrogens is 1. The number of likely N-dealkylation sites (tertiary alicyclic amines) is 1. The van der Waals surface area contributed by atoms with Gasteiger partial charge in [0.25, 0.3) is 0 Å². The first-order chi connectivity index (χ1) is 9.70. The molecule has 0 aliphatic carbocycles. The molecule has 1 aromatic carbocycles. The summed E-state index contributed by atoms with van der Waals surface area (Å²) in [5.41, 5.74) is 1.38. The van der Waals surface area contributed by atoms with Crippen LogP contribution in [0.25, 0.3) is 10.9 Å². The van der Waals surface area contributed by atoms with E-state index in [-0.39, 0.29) is 18.4 Å². The Morgan fingerprint density at radius 1 is 1.25 bits per heavy atom. The van der Waals surface area contributed by atoms with E-state index in [0.29, 0.717) is 5.56 Å². The number of carbonyl (C=O) groups is 2. The number of para-hydroxylation sites is 1. The fourth-order valence-corrected chi connectivity index (χ4v) is 2.46. The van der Waals surface area contributed by atoms with E-state index in [1.54, 1.807) is 6.20 Å². The molecular weight excluding hydrogens is 256 g/mol. The van der Waals surface area contributed by atoms with Crippen molar-refractivity contribution < 1.29 is 14.3 Å². The Labute approximate surface area is 116 Å². The van der Waals surface area contributed by atoms with Crippen LogP contribution >= 0.6 is 0 Å². The summed E-state index contributed by atoms with van der Waals surface area (Å²) in [7, 11) is 1.36. The molecule has 20 heavy (non-hydrogen) atoms. The van der Waals surface area contributed by atoms with Crippen LogP contribution in [0.2, 0.25) is 0 Å². The minimum absolute atomic E-state index is 0.0911. The number of rotatable bonds is 3. The predicted molar refractivity (Wildman–Crippen MR) is 74.5 cm³/mol. The van der Waals surface area contributed by atoms with E-state index >= 15 is 0 Å². The molecule has 0 saturated carbocycles. The zero-order valence-electron chi connectivity index (χ0n) is 11.3. The van der Waals surface area contributed by atoms with Crippen molar-refractivity contribution in [1.82, 2.24) is 9.47 Å². The van der Waals surface area contributed by atoms with Crippen LogP contribution in [-0.2, 0) is 16.1 Å². The molecule has 1 amide bonds. The number of benzene rings is 1. The fraction of sp³-hybridized carbons (Fsp3) is 0.333. The van der Waals surface area contributed by atoms with E-state index in [1.165, 1.54) is 7.11 Å². The van der Waals surface area contributed by atoms with Gasteiger partial charge in [-0.3, -0.25) is 4.79 Å². The second-order valence-corrected chi connectivity index (χ2v) is 4.91. The van der Waals surface area contributed by atoms with Crippen LogP contribution in [0.5, 0.6) is 0 Å². The molecule has 0 N–H and O–H groups in total. The first kappa shape index (κ1) is 12.7. The van der Waals surface area contributed by atoms with Crippen LogP contribution in [-0.4, -0.2) is 41.5 Å². The molecule has 3 rings (SSSR count). The first-order valence-corrected chi connectivity index (χ1v) is 6.64. The second kappa shape index (κ2) is 5.00. The summed E-state index contributed by atoms with van der Waals surface area (Å²) in [6.07, 6.45) is 2.78. The van der Waals surface area contributed by atoms with Crippen molar-refractivity contribution in [3.8, 4) is 0 Å². The summed E-state index contributed by atoms with van der Waals surface area (Å²) >= 11 is 0. The highest BCUT2D eigenvalue weighted by molar-refractivity contribution is 6.04. The highest BCUT2D eigenvalue weighted by atomic mass is 16.5. The number of nitrogens with zero attached hydrogens (tertiary/aromatic N) is 2. The van der Waals surface area contributed by atoms with E-state index in [4.69, 9.17) is 4.74 Å². The van der Waals surface area contributed by atoms with E-state index in [0.717, 1.165) is 30.4 Å². The van der Waals surface area contributed by atoms with Crippen molar-refractivity contribution in [3.63, 3.8) is 0 Å². The highest BCUT2D eigenvalue weighted by Gasteiger charge is 2.22. The lowest BCUT2D eigenvalue weighted by Gasteiger charge is -2.31. The molecule has 5 nitrogen and oxygen atoms in total. The predicted octanol–water partition coefficient (Wildman–Crippen LogP) is 1.66. The molecule has 0 radical (unpaired) electrons. The quantitative estimate of drug-likeness (QED) is 0.798. The number of amides is 1. The maximum absolute atomic E-state index is 12.1. The Morgan fingerprint density at radius 2 is 2.00 bits per heavy atom. The van der Waals surface area contributed by atoms with Gasteiger partial charge in [0.15, 0.2) is 0 Å². The average molecular weight is 272 g/mol. The van der Waals surface area contributed by atoms with Gasteiger partial charge in [0, 0.05) is 30.2 Å². The number of fused-ring (bicyclic) bond motifs is 1. The topological polar surface area (TPSA) is 51.5 Å². The Kier molecular flexibility index (Phi) is 3.18. The molecule has 1 aromatic heterocycles. The van der Waals surface area contributed by atoms with Gasteiger partial charge in [0.1, 0.15) is 6.54 Å². The summed E-state index contributed by atoms with van der Waals surface area (Å²) in [6, 6.07) is 7.54. The van der Waals surface area contributed by atoms with E-state index < -0.39 is 0 Å². The van der Waals surface area contributed by atoms with Gasteiger partial charge >= 0.3 is 5.97 Å². The summed E-state index contributed by atoms with van der Waals surface area (Å²) < 4.78 is 6.62. The largest absolute Gasteiger partial charge is 0.465 e. The van der Waals surface area contributed by atoms with Crippen molar-refractivity contribution >= 4 is 22.8 Å². The molecule has 104 valence electrons. The molecule has 1 aliphatic rings. The first-order valence-electron chi connectivity index (χ1n) is 6.64. The van der Waals surface area contributed by atoms with Crippen LogP contribution < -0.4 is 0 Å². The summed E-state index contributed by atoms with van der Waals surface area (Å²) in [4.78, 5) is 25.7. The number of ether oxygens (including phenoxy) is 1. The molecule has 0 atom stereocenters. The highest BCUT2D eigenvalue weighted by Crippen LogP contribution is 2.22. The minimum atomic E-state index is -0.378. The van der Waals surface area contributed by atoms with Gasteiger partial charge in [-0.2, -0.15) is 0 Å². The smallest absolute Gasteiger partial charge is 0.340 e. The van der Waals surface area contributed by atoms with Gasteiger partial charge in [0.05, 0.1) is 12.7 Å². The van der Waals surface area contributed by atoms with Crippen molar-refractivity contribution in [2.45, 2.75) is 13.0 Å². The van der Waals surface area contributed by atoms with E-state index in [1.807, 2.05) is 33.7 Å². The summed E-state index contributed by atoms with van der Waals surface area (Å²) in [5.74, 6) is -0.287. The van der Waals surface area contributed by atoms with Gasteiger partial charge in [-0.15, -0.1) is 0 Å². The Balaban J connectivity index is 1.97. The van der Waals surface area contributed by atoms with Crippen molar-refractivity contribution in [2.24, 2.45) is 0 Å². The van der Waals surface area contributed by atoms with Crippen LogP contribution in [0.1, 0.15) is 16.8 Å². The third-order valence-electron chi connectivity index (χ3n) is 3.71. The van der Waals surface area contributed by atoms with Gasteiger partial charge in [-0.1, -0.05) is 18.2 Å². The number of carbonyl (C=O) groups excluding carboxylic acids is 2. The van der Waals surface area contributed by atoms with Crippen molar-refractivity contribution in [1.29, 1.82) is 0 Å². The Morgan fingerprint density at radius 3 is 2.65 bits per heavy atom. The summed E-state index contributed by atoms with van der Waals surface area (Å²) in [5, 5.41) is 0.816. The average Bonchev–Trinajstić information content (AvgIpc) is 2.75. The number of hydrogen-bond donors (Lipinski definition) is 0. The van der Waals surface area contributed by atoms with Crippen molar-refractivity contribution in [3.05, 3.63) is 36.0 Å². The lowest BCUT2D eigenvalue weighted by Crippen LogP contribution is -2.43. The minimum Gasteiger partial charge on any atom is -0.465 e.